The number of rotatable bonds is 40. The zero-order chi connectivity index (χ0) is 36.6. The van der Waals surface area contributed by atoms with Gasteiger partial charge in [0.15, 0.2) is 0 Å². The van der Waals surface area contributed by atoms with E-state index in [4.69, 9.17) is 0 Å². The second kappa shape index (κ2) is 40.6. The van der Waals surface area contributed by atoms with Crippen LogP contribution in [0.25, 0.3) is 0 Å². The van der Waals surface area contributed by atoms with Crippen LogP contribution in [-0.4, -0.2) is 46.1 Å². The fourth-order valence-corrected chi connectivity index (χ4v) is 6.86. The molecule has 0 aromatic carbocycles. The standard InChI is InChI=1S/C45H87NO4/c1-3-5-7-9-11-13-15-17-19-20-21-22-23-24-26-27-29-31-33-35-37-39-43(48)45(50)42(41-47)46-44(49)40-38-36-34-32-30-28-25-18-16-14-12-10-8-6-4-2/h12,14,16,18,42-43,45,47-48,50H,3-11,13,15,17,19-41H2,1-2H3,(H,46,49)/b14-12-,18-16-. The normalized spacial score (nSPS) is 13.8. The van der Waals surface area contributed by atoms with Crippen molar-refractivity contribution >= 4 is 5.91 Å². The summed E-state index contributed by atoms with van der Waals surface area (Å²) in [5, 5.41) is 33.5. The first kappa shape index (κ1) is 48.8. The number of hydrogen-bond donors (Lipinski definition) is 4. The van der Waals surface area contributed by atoms with Gasteiger partial charge in [0.1, 0.15) is 6.10 Å². The molecule has 0 radical (unpaired) electrons. The minimum atomic E-state index is -1.14. The van der Waals surface area contributed by atoms with E-state index in [1.165, 1.54) is 161 Å². The van der Waals surface area contributed by atoms with Gasteiger partial charge in [-0.1, -0.05) is 212 Å². The van der Waals surface area contributed by atoms with Gasteiger partial charge < -0.3 is 20.6 Å². The first-order chi connectivity index (χ1) is 24.6. The molecule has 0 spiro atoms. The molecular formula is C45H87NO4. The smallest absolute Gasteiger partial charge is 0.220 e. The van der Waals surface area contributed by atoms with Gasteiger partial charge in [-0.15, -0.1) is 0 Å². The van der Waals surface area contributed by atoms with Crippen LogP contribution in [0.4, 0.5) is 0 Å². The zero-order valence-corrected chi connectivity index (χ0v) is 33.5. The molecule has 5 heteroatoms. The van der Waals surface area contributed by atoms with Gasteiger partial charge in [-0.3, -0.25) is 4.79 Å². The molecule has 0 aliphatic rings. The number of aliphatic hydroxyl groups excluding tert-OH is 3. The summed E-state index contributed by atoms with van der Waals surface area (Å²) in [6.07, 6.45) is 48.5. The number of carbonyl (C=O) groups excluding carboxylic acids is 1. The minimum absolute atomic E-state index is 0.155. The van der Waals surface area contributed by atoms with E-state index in [1.54, 1.807) is 0 Å². The van der Waals surface area contributed by atoms with E-state index in [9.17, 15) is 20.1 Å². The summed E-state index contributed by atoms with van der Waals surface area (Å²) in [5.41, 5.74) is 0. The van der Waals surface area contributed by atoms with E-state index in [0.29, 0.717) is 12.8 Å². The highest BCUT2D eigenvalue weighted by Crippen LogP contribution is 2.17. The molecule has 50 heavy (non-hydrogen) atoms. The van der Waals surface area contributed by atoms with E-state index in [-0.39, 0.29) is 12.5 Å². The molecule has 4 N–H and O–H groups in total. The van der Waals surface area contributed by atoms with Crippen molar-refractivity contribution in [1.29, 1.82) is 0 Å². The summed E-state index contributed by atoms with van der Waals surface area (Å²) in [6, 6.07) is -0.813. The van der Waals surface area contributed by atoms with Crippen molar-refractivity contribution < 1.29 is 20.1 Å². The second-order valence-corrected chi connectivity index (χ2v) is 15.3. The molecule has 0 rings (SSSR count). The van der Waals surface area contributed by atoms with Crippen molar-refractivity contribution in [2.24, 2.45) is 0 Å². The highest BCUT2D eigenvalue weighted by atomic mass is 16.3. The Bertz CT molecular complexity index is 739. The Kier molecular flexibility index (Phi) is 39.6. The summed E-state index contributed by atoms with van der Waals surface area (Å²) >= 11 is 0. The Hall–Kier alpha value is -1.17. The average molecular weight is 706 g/mol. The minimum Gasteiger partial charge on any atom is -0.394 e. The molecule has 5 nitrogen and oxygen atoms in total. The molecule has 0 aromatic heterocycles. The second-order valence-electron chi connectivity index (χ2n) is 15.3. The molecule has 3 unspecified atom stereocenters. The fourth-order valence-electron chi connectivity index (χ4n) is 6.86. The van der Waals surface area contributed by atoms with Gasteiger partial charge in [-0.05, 0) is 38.5 Å². The topological polar surface area (TPSA) is 89.8 Å². The Morgan fingerprint density at radius 1 is 0.500 bits per heavy atom. The molecule has 0 fully saturated rings. The summed E-state index contributed by atoms with van der Waals surface area (Å²) in [6.45, 7) is 4.15. The first-order valence-electron chi connectivity index (χ1n) is 22.1. The quantitative estimate of drug-likeness (QED) is 0.0377. The van der Waals surface area contributed by atoms with Crippen LogP contribution < -0.4 is 5.32 Å². The fraction of sp³-hybridized carbons (Fsp3) is 0.889. The van der Waals surface area contributed by atoms with Crippen molar-refractivity contribution in [2.75, 3.05) is 6.61 Å². The van der Waals surface area contributed by atoms with Gasteiger partial charge in [-0.25, -0.2) is 0 Å². The lowest BCUT2D eigenvalue weighted by atomic mass is 9.99. The Balaban J connectivity index is 3.61. The van der Waals surface area contributed by atoms with E-state index in [2.05, 4.69) is 43.5 Å². The number of allylic oxidation sites excluding steroid dienone is 4. The van der Waals surface area contributed by atoms with Crippen LogP contribution in [0.1, 0.15) is 232 Å². The van der Waals surface area contributed by atoms with Crippen molar-refractivity contribution in [2.45, 2.75) is 250 Å². The SMILES string of the molecule is CCCCC/C=C\C=C/CCCCCCCCC(=O)NC(CO)C(O)C(O)CCCCCCCCCCCCCCCCCCCCCCC. The number of nitrogens with one attached hydrogen (secondary N) is 1. The third kappa shape index (κ3) is 35.2. The summed E-state index contributed by atoms with van der Waals surface area (Å²) < 4.78 is 0. The molecule has 0 aliphatic carbocycles. The maximum Gasteiger partial charge on any atom is 0.220 e. The molecule has 296 valence electrons. The van der Waals surface area contributed by atoms with E-state index < -0.39 is 18.2 Å². The molecular weight excluding hydrogens is 618 g/mol. The molecule has 0 aromatic rings. The molecule has 1 amide bonds. The van der Waals surface area contributed by atoms with Gasteiger partial charge in [0.25, 0.3) is 0 Å². The van der Waals surface area contributed by atoms with Crippen LogP contribution in [0.3, 0.4) is 0 Å². The van der Waals surface area contributed by atoms with Gasteiger partial charge in [-0.2, -0.15) is 0 Å². The first-order valence-corrected chi connectivity index (χ1v) is 22.1. The lowest BCUT2D eigenvalue weighted by molar-refractivity contribution is -0.124. The molecule has 0 saturated carbocycles. The number of carbonyl (C=O) groups is 1. The zero-order valence-electron chi connectivity index (χ0n) is 33.5. The molecule has 3 atom stereocenters. The lowest BCUT2D eigenvalue weighted by Crippen LogP contribution is -2.50. The van der Waals surface area contributed by atoms with E-state index in [0.717, 1.165) is 44.9 Å². The van der Waals surface area contributed by atoms with E-state index >= 15 is 0 Å². The van der Waals surface area contributed by atoms with Gasteiger partial charge in [0.2, 0.25) is 5.91 Å². The lowest BCUT2D eigenvalue weighted by Gasteiger charge is -2.26. The molecule has 0 heterocycles. The summed E-state index contributed by atoms with van der Waals surface area (Å²) in [5.74, 6) is -0.155. The van der Waals surface area contributed by atoms with Crippen molar-refractivity contribution in [1.82, 2.24) is 5.32 Å². The highest BCUT2D eigenvalue weighted by Gasteiger charge is 2.26. The van der Waals surface area contributed by atoms with Gasteiger partial charge in [0, 0.05) is 6.42 Å². The monoisotopic (exact) mass is 706 g/mol. The third-order valence-corrected chi connectivity index (χ3v) is 10.3. The van der Waals surface area contributed by atoms with Gasteiger partial charge in [0.05, 0.1) is 18.8 Å². The third-order valence-electron chi connectivity index (χ3n) is 10.3. The van der Waals surface area contributed by atoms with Crippen molar-refractivity contribution in [3.8, 4) is 0 Å². The Morgan fingerprint density at radius 2 is 0.840 bits per heavy atom. The highest BCUT2D eigenvalue weighted by molar-refractivity contribution is 5.76. The summed E-state index contributed by atoms with van der Waals surface area (Å²) in [7, 11) is 0. The van der Waals surface area contributed by atoms with Crippen LogP contribution in [0, 0.1) is 0 Å². The van der Waals surface area contributed by atoms with Crippen molar-refractivity contribution in [3.05, 3.63) is 24.3 Å². The molecule has 0 aliphatic heterocycles. The van der Waals surface area contributed by atoms with Crippen molar-refractivity contribution in [3.63, 3.8) is 0 Å². The van der Waals surface area contributed by atoms with Crippen LogP contribution in [0.5, 0.6) is 0 Å². The number of unbranched alkanes of at least 4 members (excludes halogenated alkanes) is 29. The summed E-state index contributed by atoms with van der Waals surface area (Å²) in [4.78, 5) is 12.4. The van der Waals surface area contributed by atoms with Crippen LogP contribution in [-0.2, 0) is 4.79 Å². The average Bonchev–Trinajstić information content (AvgIpc) is 3.12. The van der Waals surface area contributed by atoms with Crippen LogP contribution in [0.15, 0.2) is 24.3 Å². The van der Waals surface area contributed by atoms with Crippen LogP contribution >= 0.6 is 0 Å². The van der Waals surface area contributed by atoms with E-state index in [1.807, 2.05) is 0 Å². The predicted octanol–water partition coefficient (Wildman–Crippen LogP) is 12.6. The predicted molar refractivity (Wildman–Crippen MR) is 218 cm³/mol. The maximum atomic E-state index is 12.4. The Labute approximate surface area is 312 Å². The van der Waals surface area contributed by atoms with Crippen LogP contribution in [0.2, 0.25) is 0 Å². The maximum absolute atomic E-state index is 12.4. The largest absolute Gasteiger partial charge is 0.394 e. The number of hydrogen-bond acceptors (Lipinski definition) is 4. The molecule has 0 bridgehead atoms. The number of amides is 1. The molecule has 0 saturated heterocycles. The Morgan fingerprint density at radius 3 is 1.26 bits per heavy atom. The van der Waals surface area contributed by atoms with Gasteiger partial charge >= 0.3 is 0 Å². The number of aliphatic hydroxyl groups is 3.